The summed E-state index contributed by atoms with van der Waals surface area (Å²) < 4.78 is 33.7. The number of nitrogens with one attached hydrogen (secondary N) is 2. The van der Waals surface area contributed by atoms with Gasteiger partial charge < -0.3 is 10.1 Å². The molecule has 0 aliphatic heterocycles. The molecule has 3 saturated carbocycles. The number of pyridine rings is 2. The number of rotatable bonds is 7. The summed E-state index contributed by atoms with van der Waals surface area (Å²) in [5.41, 5.74) is -0.183. The van der Waals surface area contributed by atoms with Gasteiger partial charge in [-0.3, -0.25) is 15.1 Å². The molecule has 2 N–H and O–H groups in total. The van der Waals surface area contributed by atoms with E-state index in [2.05, 4.69) is 30.9 Å². The molecule has 0 unspecified atom stereocenters. The third kappa shape index (κ3) is 4.06. The van der Waals surface area contributed by atoms with Crippen molar-refractivity contribution >= 4 is 17.8 Å². The summed E-state index contributed by atoms with van der Waals surface area (Å²) in [6.07, 6.45) is 3.21. The van der Waals surface area contributed by atoms with Crippen LogP contribution in [-0.4, -0.2) is 54.8 Å². The van der Waals surface area contributed by atoms with Gasteiger partial charge in [-0.2, -0.15) is 4.39 Å². The van der Waals surface area contributed by atoms with Crippen molar-refractivity contribution in [1.29, 1.82) is 0 Å². The van der Waals surface area contributed by atoms with Crippen LogP contribution in [0.4, 0.5) is 19.4 Å². The fraction of sp³-hybridized carbons (Fsp3) is 0.364. The largest absolute Gasteiger partial charge is 0.449 e. The van der Waals surface area contributed by atoms with Crippen molar-refractivity contribution < 1.29 is 23.1 Å². The quantitative estimate of drug-likeness (QED) is 0.510. The maximum absolute atomic E-state index is 13.7. The highest BCUT2D eigenvalue weighted by Crippen LogP contribution is 2.62. The number of carbonyl (C=O) groups excluding carboxylic acids is 2. The smallest absolute Gasteiger partial charge is 0.412 e. The second kappa shape index (κ2) is 8.12. The molecule has 3 fully saturated rings. The molecule has 3 aliphatic carbocycles. The average molecular weight is 469 g/mol. The first-order valence-electron chi connectivity index (χ1n) is 10.7. The van der Waals surface area contributed by atoms with Crippen molar-refractivity contribution in [2.75, 3.05) is 11.9 Å². The Morgan fingerprint density at radius 1 is 1.21 bits per heavy atom. The van der Waals surface area contributed by atoms with E-state index in [1.807, 2.05) is 0 Å². The Balaban J connectivity index is 1.20. The first-order valence-corrected chi connectivity index (χ1v) is 10.7. The average Bonchev–Trinajstić information content (AvgIpc) is 3.13. The highest BCUT2D eigenvalue weighted by atomic mass is 19.1. The van der Waals surface area contributed by atoms with E-state index in [4.69, 9.17) is 4.74 Å². The normalized spacial score (nSPS) is 22.3. The standard InChI is InChI=1S/C22H21F2N7O3/c1-31-18(27-20(33)34-8-6-13-3-2-7-25-17(13)23)16(29-30-31)15-5-4-14(9-26-15)19(32)28-22-10-21(24,11-22)12-22/h2-5,7,9H,6,8,10-12H2,1H3,(H,27,33)(H,28,32). The van der Waals surface area contributed by atoms with Crippen LogP contribution in [0.2, 0.25) is 0 Å². The fourth-order valence-electron chi connectivity index (χ4n) is 4.44. The maximum atomic E-state index is 13.7. The van der Waals surface area contributed by atoms with Gasteiger partial charge in [-0.1, -0.05) is 11.3 Å². The summed E-state index contributed by atoms with van der Waals surface area (Å²) in [4.78, 5) is 32.5. The van der Waals surface area contributed by atoms with Crippen molar-refractivity contribution in [2.24, 2.45) is 7.05 Å². The van der Waals surface area contributed by atoms with E-state index in [9.17, 15) is 18.4 Å². The minimum Gasteiger partial charge on any atom is -0.449 e. The molecular weight excluding hydrogens is 448 g/mol. The zero-order valence-electron chi connectivity index (χ0n) is 18.2. The molecule has 2 bridgehead atoms. The molecule has 176 valence electrons. The summed E-state index contributed by atoms with van der Waals surface area (Å²) in [6, 6.07) is 6.32. The summed E-state index contributed by atoms with van der Waals surface area (Å²) in [5.74, 6) is -0.681. The number of aryl methyl sites for hydroxylation is 1. The van der Waals surface area contributed by atoms with Gasteiger partial charge >= 0.3 is 6.09 Å². The number of aromatic nitrogens is 5. The van der Waals surface area contributed by atoms with Gasteiger partial charge in [0, 0.05) is 56.2 Å². The Morgan fingerprint density at radius 2 is 2.00 bits per heavy atom. The molecule has 34 heavy (non-hydrogen) atoms. The maximum Gasteiger partial charge on any atom is 0.412 e. The van der Waals surface area contributed by atoms with Crippen LogP contribution in [-0.2, 0) is 18.2 Å². The van der Waals surface area contributed by atoms with Gasteiger partial charge in [0.1, 0.15) is 5.67 Å². The highest BCUT2D eigenvalue weighted by Gasteiger charge is 2.69. The highest BCUT2D eigenvalue weighted by molar-refractivity contribution is 5.95. The number of amides is 2. The lowest BCUT2D eigenvalue weighted by atomic mass is 9.47. The number of halogens is 2. The molecule has 3 heterocycles. The third-order valence-corrected chi connectivity index (χ3v) is 6.10. The Labute approximate surface area is 192 Å². The van der Waals surface area contributed by atoms with Crippen molar-refractivity contribution in [1.82, 2.24) is 30.3 Å². The molecule has 2 amide bonds. The summed E-state index contributed by atoms with van der Waals surface area (Å²) in [5, 5.41) is 13.4. The van der Waals surface area contributed by atoms with Crippen LogP contribution in [0.15, 0.2) is 36.7 Å². The van der Waals surface area contributed by atoms with E-state index in [1.54, 1.807) is 31.3 Å². The van der Waals surface area contributed by atoms with Crippen LogP contribution in [0.25, 0.3) is 11.4 Å². The lowest BCUT2D eigenvalue weighted by Crippen LogP contribution is -2.76. The predicted molar refractivity (Wildman–Crippen MR) is 115 cm³/mol. The van der Waals surface area contributed by atoms with Crippen molar-refractivity contribution in [3.8, 4) is 11.4 Å². The van der Waals surface area contributed by atoms with E-state index in [0.29, 0.717) is 36.1 Å². The number of anilines is 1. The second-order valence-corrected chi connectivity index (χ2v) is 8.72. The number of carbonyl (C=O) groups is 2. The molecule has 10 nitrogen and oxygen atoms in total. The number of nitrogens with zero attached hydrogens (tertiary/aromatic N) is 5. The van der Waals surface area contributed by atoms with Gasteiger partial charge in [0.05, 0.1) is 17.9 Å². The van der Waals surface area contributed by atoms with E-state index >= 15 is 0 Å². The number of ether oxygens (including phenoxy) is 1. The second-order valence-electron chi connectivity index (χ2n) is 8.72. The number of hydrogen-bond donors (Lipinski definition) is 2. The first-order chi connectivity index (χ1) is 16.3. The minimum absolute atomic E-state index is 0.0534. The molecule has 6 rings (SSSR count). The summed E-state index contributed by atoms with van der Waals surface area (Å²) >= 11 is 0. The molecule has 0 aromatic carbocycles. The van der Waals surface area contributed by atoms with E-state index in [1.165, 1.54) is 17.1 Å². The zero-order chi connectivity index (χ0) is 23.9. The van der Waals surface area contributed by atoms with Gasteiger partial charge in [-0.25, -0.2) is 18.9 Å². The minimum atomic E-state index is -1.10. The molecule has 0 atom stereocenters. The molecule has 12 heteroatoms. The Bertz CT molecular complexity index is 1240. The van der Waals surface area contributed by atoms with E-state index < -0.39 is 23.2 Å². The van der Waals surface area contributed by atoms with E-state index in [-0.39, 0.29) is 30.4 Å². The van der Waals surface area contributed by atoms with Gasteiger partial charge in [-0.15, -0.1) is 5.10 Å². The van der Waals surface area contributed by atoms with Crippen LogP contribution < -0.4 is 10.6 Å². The Kier molecular flexibility index (Phi) is 5.22. The molecule has 3 aliphatic rings. The van der Waals surface area contributed by atoms with Gasteiger partial charge in [0.2, 0.25) is 5.95 Å². The lowest BCUT2D eigenvalue weighted by molar-refractivity contribution is -0.162. The van der Waals surface area contributed by atoms with Crippen molar-refractivity contribution in [2.45, 2.75) is 36.9 Å². The van der Waals surface area contributed by atoms with Gasteiger partial charge in [0.25, 0.3) is 5.91 Å². The third-order valence-electron chi connectivity index (χ3n) is 6.10. The molecule has 0 spiro atoms. The number of alkyl halides is 1. The fourth-order valence-corrected chi connectivity index (χ4v) is 4.44. The zero-order valence-corrected chi connectivity index (χ0v) is 18.2. The number of hydrogen-bond acceptors (Lipinski definition) is 7. The van der Waals surface area contributed by atoms with Crippen molar-refractivity contribution in [3.05, 3.63) is 53.7 Å². The Hall–Kier alpha value is -3.96. The predicted octanol–water partition coefficient (Wildman–Crippen LogP) is 2.58. The molecule has 3 aromatic heterocycles. The van der Waals surface area contributed by atoms with Gasteiger partial charge in [0.15, 0.2) is 11.5 Å². The molecule has 0 radical (unpaired) electrons. The van der Waals surface area contributed by atoms with E-state index in [0.717, 1.165) is 0 Å². The lowest BCUT2D eigenvalue weighted by Gasteiger charge is -2.65. The monoisotopic (exact) mass is 469 g/mol. The van der Waals surface area contributed by atoms with Crippen LogP contribution in [0, 0.1) is 5.95 Å². The van der Waals surface area contributed by atoms with Crippen LogP contribution in [0.1, 0.15) is 35.2 Å². The van der Waals surface area contributed by atoms with Crippen LogP contribution in [0.5, 0.6) is 0 Å². The van der Waals surface area contributed by atoms with Crippen LogP contribution in [0.3, 0.4) is 0 Å². The molecule has 0 saturated heterocycles. The molecular formula is C22H21F2N7O3. The summed E-state index contributed by atoms with van der Waals surface area (Å²) in [7, 11) is 1.58. The topological polar surface area (TPSA) is 124 Å². The SMILES string of the molecule is Cn1nnc(-c2ccc(C(=O)NC34CC(F)(C3)C4)cn2)c1NC(=O)OCCc1cccnc1F. The molecule has 3 aromatic rings. The van der Waals surface area contributed by atoms with Crippen molar-refractivity contribution in [3.63, 3.8) is 0 Å². The Morgan fingerprint density at radius 3 is 2.68 bits per heavy atom. The first kappa shape index (κ1) is 21.9. The van der Waals surface area contributed by atoms with Gasteiger partial charge in [-0.05, 0) is 18.2 Å². The van der Waals surface area contributed by atoms with Crippen LogP contribution >= 0.6 is 0 Å². The summed E-state index contributed by atoms with van der Waals surface area (Å²) in [6.45, 7) is -0.0534.